The highest BCUT2D eigenvalue weighted by Crippen LogP contribution is 2.30. The van der Waals surface area contributed by atoms with Gasteiger partial charge in [0, 0.05) is 24.8 Å². The van der Waals surface area contributed by atoms with Crippen LogP contribution in [0.1, 0.15) is 21.7 Å². The normalized spacial score (nSPS) is 14.0. The van der Waals surface area contributed by atoms with Gasteiger partial charge in [0.05, 0.1) is 18.6 Å². The number of carbonyl (C=O) groups excluding carboxylic acids is 2. The van der Waals surface area contributed by atoms with Gasteiger partial charge >= 0.3 is 0 Å². The zero-order valence-electron chi connectivity index (χ0n) is 14.5. The molecule has 0 unspecified atom stereocenters. The first-order valence-electron chi connectivity index (χ1n) is 8.10. The van der Waals surface area contributed by atoms with E-state index >= 15 is 0 Å². The van der Waals surface area contributed by atoms with Gasteiger partial charge in [-0.15, -0.1) is 0 Å². The lowest BCUT2D eigenvalue weighted by molar-refractivity contribution is -0.117. The molecule has 0 saturated heterocycles. The van der Waals surface area contributed by atoms with Crippen LogP contribution in [0.2, 0.25) is 0 Å². The molecule has 8 heteroatoms. The summed E-state index contributed by atoms with van der Waals surface area (Å²) in [6.07, 6.45) is 1.39. The van der Waals surface area contributed by atoms with E-state index in [9.17, 15) is 14.9 Å². The number of fused-ring (bicyclic) bond motifs is 1. The Hall–Kier alpha value is -3.70. The summed E-state index contributed by atoms with van der Waals surface area (Å²) in [5.74, 6) is -0.649. The van der Waals surface area contributed by atoms with Gasteiger partial charge in [0.15, 0.2) is 5.76 Å². The molecule has 3 rings (SSSR count). The first-order valence-corrected chi connectivity index (χ1v) is 8.10. The molecule has 1 aliphatic heterocycles. The lowest BCUT2D eigenvalue weighted by Gasteiger charge is -2.05. The van der Waals surface area contributed by atoms with Crippen molar-refractivity contribution in [3.05, 3.63) is 65.1 Å². The largest absolute Gasteiger partial charge is 0.459 e. The van der Waals surface area contributed by atoms with E-state index in [4.69, 9.17) is 9.15 Å². The average molecular weight is 364 g/mol. The maximum atomic E-state index is 12.3. The Balaban J connectivity index is 1.95. The van der Waals surface area contributed by atoms with E-state index in [0.717, 1.165) is 0 Å². The number of amidine groups is 1. The van der Waals surface area contributed by atoms with E-state index in [1.54, 1.807) is 30.3 Å². The summed E-state index contributed by atoms with van der Waals surface area (Å²) in [4.78, 5) is 28.9. The zero-order valence-corrected chi connectivity index (χ0v) is 14.5. The molecular weight excluding hydrogens is 348 g/mol. The highest BCUT2D eigenvalue weighted by atomic mass is 16.5. The molecule has 2 N–H and O–H groups in total. The Bertz CT molecular complexity index is 968. The van der Waals surface area contributed by atoms with Crippen LogP contribution in [0.5, 0.6) is 0 Å². The summed E-state index contributed by atoms with van der Waals surface area (Å²) in [6, 6.07) is 12.1. The molecule has 8 nitrogen and oxygen atoms in total. The molecule has 2 heterocycles. The minimum absolute atomic E-state index is 0.130. The number of furan rings is 1. The molecule has 0 spiro atoms. The molecule has 1 aromatic heterocycles. The van der Waals surface area contributed by atoms with E-state index in [0.29, 0.717) is 17.7 Å². The molecule has 0 saturated carbocycles. The lowest BCUT2D eigenvalue weighted by atomic mass is 10.0. The standard InChI is InChI=1S/C19H16N4O4/c1-26-10-8-21-18(24)14(11-20)16-12-5-2-3-6-13(12)17(22-16)23-19(25)15-7-4-9-27-15/h2-7,9H,8,10H2,1H3,(H,21,24)(H,22,23,25)/b16-14-. The summed E-state index contributed by atoms with van der Waals surface area (Å²) in [5, 5.41) is 14.7. The average Bonchev–Trinajstić information content (AvgIpc) is 3.32. The fourth-order valence-electron chi connectivity index (χ4n) is 2.56. The van der Waals surface area contributed by atoms with Gasteiger partial charge in [-0.3, -0.25) is 9.59 Å². The van der Waals surface area contributed by atoms with Gasteiger partial charge in [-0.25, -0.2) is 4.99 Å². The first kappa shape index (κ1) is 18.1. The number of hydrogen-bond acceptors (Lipinski definition) is 6. The molecule has 0 fully saturated rings. The van der Waals surface area contributed by atoms with Crippen LogP contribution in [0.25, 0.3) is 5.70 Å². The molecule has 27 heavy (non-hydrogen) atoms. The number of methoxy groups -OCH3 is 1. The van der Waals surface area contributed by atoms with Gasteiger partial charge in [-0.2, -0.15) is 5.26 Å². The third kappa shape index (κ3) is 3.78. The van der Waals surface area contributed by atoms with E-state index in [2.05, 4.69) is 15.6 Å². The molecule has 0 bridgehead atoms. The van der Waals surface area contributed by atoms with Crippen LogP contribution in [-0.2, 0) is 9.53 Å². The van der Waals surface area contributed by atoms with Crippen LogP contribution in [0.3, 0.4) is 0 Å². The van der Waals surface area contributed by atoms with Crippen molar-refractivity contribution in [2.75, 3.05) is 20.3 Å². The van der Waals surface area contributed by atoms with E-state index in [1.807, 2.05) is 6.07 Å². The van der Waals surface area contributed by atoms with Crippen LogP contribution in [0, 0.1) is 11.3 Å². The number of amides is 2. The molecule has 0 aliphatic carbocycles. The third-order valence-electron chi connectivity index (χ3n) is 3.81. The number of nitrogens with zero attached hydrogens (tertiary/aromatic N) is 2. The molecular formula is C19H16N4O4. The molecule has 1 aromatic carbocycles. The van der Waals surface area contributed by atoms with E-state index < -0.39 is 11.8 Å². The van der Waals surface area contributed by atoms with E-state index in [1.165, 1.54) is 19.4 Å². The topological polar surface area (TPSA) is 117 Å². The summed E-state index contributed by atoms with van der Waals surface area (Å²) >= 11 is 0. The van der Waals surface area contributed by atoms with Crippen LogP contribution in [0.4, 0.5) is 0 Å². The predicted molar refractivity (Wildman–Crippen MR) is 96.6 cm³/mol. The summed E-state index contributed by atoms with van der Waals surface area (Å²) in [6.45, 7) is 0.589. The summed E-state index contributed by atoms with van der Waals surface area (Å²) < 4.78 is 9.96. The second-order valence-electron chi connectivity index (χ2n) is 5.52. The number of aliphatic imine (C=N–C) groups is 1. The Morgan fingerprint density at radius 2 is 2.00 bits per heavy atom. The maximum absolute atomic E-state index is 12.3. The Kier molecular flexibility index (Phi) is 5.44. The summed E-state index contributed by atoms with van der Waals surface area (Å²) in [5.41, 5.74) is 1.27. The molecule has 136 valence electrons. The van der Waals surface area contributed by atoms with Gasteiger partial charge in [-0.1, -0.05) is 24.3 Å². The predicted octanol–water partition coefficient (Wildman–Crippen LogP) is 1.47. The monoisotopic (exact) mass is 364 g/mol. The number of nitriles is 1. The number of hydrogen-bond donors (Lipinski definition) is 2. The SMILES string of the molecule is COCCNC(=O)/C(C#N)=C1\N=C(NC(=O)c2ccco2)c2ccccc21. The molecule has 2 aromatic rings. The first-order chi connectivity index (χ1) is 13.2. The van der Waals surface area contributed by atoms with Crippen LogP contribution >= 0.6 is 0 Å². The smallest absolute Gasteiger partial charge is 0.292 e. The lowest BCUT2D eigenvalue weighted by Crippen LogP contribution is -2.30. The number of carbonyl (C=O) groups is 2. The Morgan fingerprint density at radius 1 is 1.22 bits per heavy atom. The van der Waals surface area contributed by atoms with Crippen molar-refractivity contribution in [3.63, 3.8) is 0 Å². The summed E-state index contributed by atoms with van der Waals surface area (Å²) in [7, 11) is 1.52. The van der Waals surface area contributed by atoms with Gasteiger partial charge in [0.25, 0.3) is 11.8 Å². The van der Waals surface area contributed by atoms with Crippen molar-refractivity contribution in [1.82, 2.24) is 10.6 Å². The van der Waals surface area contributed by atoms with Gasteiger partial charge in [0.1, 0.15) is 17.5 Å². The quantitative estimate of drug-likeness (QED) is 0.473. The third-order valence-corrected chi connectivity index (χ3v) is 3.81. The number of rotatable bonds is 5. The van der Waals surface area contributed by atoms with Crippen LogP contribution < -0.4 is 10.6 Å². The zero-order chi connectivity index (χ0) is 19.2. The highest BCUT2D eigenvalue weighted by Gasteiger charge is 2.27. The Morgan fingerprint density at radius 3 is 2.67 bits per heavy atom. The number of nitrogens with one attached hydrogen (secondary N) is 2. The second kappa shape index (κ2) is 8.12. The van der Waals surface area contributed by atoms with Gasteiger partial charge < -0.3 is 19.8 Å². The second-order valence-corrected chi connectivity index (χ2v) is 5.52. The number of ether oxygens (including phenoxy) is 1. The fraction of sp³-hybridized carbons (Fsp3) is 0.158. The minimum atomic E-state index is -0.554. The van der Waals surface area contributed by atoms with Crippen molar-refractivity contribution < 1.29 is 18.7 Å². The van der Waals surface area contributed by atoms with Gasteiger partial charge in [0.2, 0.25) is 0 Å². The minimum Gasteiger partial charge on any atom is -0.459 e. The highest BCUT2D eigenvalue weighted by molar-refractivity contribution is 6.20. The molecule has 1 aliphatic rings. The van der Waals surface area contributed by atoms with E-state index in [-0.39, 0.29) is 29.4 Å². The van der Waals surface area contributed by atoms with Crippen LogP contribution in [0.15, 0.2) is 57.6 Å². The number of benzene rings is 1. The van der Waals surface area contributed by atoms with Crippen molar-refractivity contribution in [1.29, 1.82) is 5.26 Å². The van der Waals surface area contributed by atoms with Crippen LogP contribution in [-0.4, -0.2) is 37.9 Å². The maximum Gasteiger partial charge on any atom is 0.292 e. The molecule has 0 radical (unpaired) electrons. The Labute approximate surface area is 155 Å². The molecule has 0 atom stereocenters. The van der Waals surface area contributed by atoms with Crippen molar-refractivity contribution >= 4 is 23.3 Å². The van der Waals surface area contributed by atoms with Crippen molar-refractivity contribution in [3.8, 4) is 6.07 Å². The van der Waals surface area contributed by atoms with Crippen molar-refractivity contribution in [2.24, 2.45) is 4.99 Å². The fourth-order valence-corrected chi connectivity index (χ4v) is 2.56. The van der Waals surface area contributed by atoms with Crippen molar-refractivity contribution in [2.45, 2.75) is 0 Å². The molecule has 2 amide bonds. The van der Waals surface area contributed by atoms with Gasteiger partial charge in [-0.05, 0) is 12.1 Å².